The molecule has 0 saturated carbocycles. The highest BCUT2D eigenvalue weighted by molar-refractivity contribution is 6.01. The molecular formula is C19H25NO3. The topological polar surface area (TPSA) is 46.6 Å². The molecular weight excluding hydrogens is 290 g/mol. The largest absolute Gasteiger partial charge is 0.375 e. The molecule has 0 unspecified atom stereocenters. The van der Waals surface area contributed by atoms with Gasteiger partial charge in [-0.25, -0.2) is 0 Å². The number of fused-ring (bicyclic) bond motifs is 1. The molecule has 1 heterocycles. The molecule has 4 nitrogen and oxygen atoms in total. The van der Waals surface area contributed by atoms with E-state index in [1.165, 1.54) is 0 Å². The lowest BCUT2D eigenvalue weighted by molar-refractivity contribution is -0.0611. The molecule has 0 aromatic heterocycles. The lowest BCUT2D eigenvalue weighted by atomic mass is 9.89. The fraction of sp³-hybridized carbons (Fsp3) is 0.579. The molecule has 1 amide bonds. The summed E-state index contributed by atoms with van der Waals surface area (Å²) in [5, 5.41) is 0. The quantitative estimate of drug-likeness (QED) is 0.860. The van der Waals surface area contributed by atoms with E-state index in [0.717, 1.165) is 49.9 Å². The third-order valence-electron chi connectivity index (χ3n) is 5.10. The van der Waals surface area contributed by atoms with Crippen LogP contribution in [0.2, 0.25) is 0 Å². The van der Waals surface area contributed by atoms with Crippen LogP contribution in [0, 0.1) is 0 Å². The van der Waals surface area contributed by atoms with Crippen molar-refractivity contribution in [2.75, 3.05) is 19.7 Å². The molecule has 124 valence electrons. The summed E-state index contributed by atoms with van der Waals surface area (Å²) in [6.07, 6.45) is 4.15. The molecule has 1 aliphatic carbocycles. The minimum Gasteiger partial charge on any atom is -0.375 e. The second-order valence-electron chi connectivity index (χ2n) is 6.82. The van der Waals surface area contributed by atoms with Crippen molar-refractivity contribution in [3.8, 4) is 0 Å². The standard InChI is InChI=1S/C19H25NO3/c1-3-23-19(2)9-11-20(12-10-19)18(22)15-7-8-16-14(13-15)5-4-6-17(16)21/h7-8,13H,3-6,9-12H2,1-2H3. The van der Waals surface area contributed by atoms with E-state index in [2.05, 4.69) is 6.92 Å². The molecule has 0 radical (unpaired) electrons. The number of amides is 1. The zero-order chi connectivity index (χ0) is 16.4. The second kappa shape index (κ2) is 6.44. The number of carbonyl (C=O) groups is 2. The van der Waals surface area contributed by atoms with Gasteiger partial charge in [0.2, 0.25) is 0 Å². The normalized spacial score (nSPS) is 20.3. The van der Waals surface area contributed by atoms with Gasteiger partial charge in [-0.15, -0.1) is 0 Å². The first kappa shape index (κ1) is 16.2. The van der Waals surface area contributed by atoms with Gasteiger partial charge in [-0.1, -0.05) is 6.07 Å². The van der Waals surface area contributed by atoms with E-state index >= 15 is 0 Å². The maximum atomic E-state index is 12.7. The predicted molar refractivity (Wildman–Crippen MR) is 88.9 cm³/mol. The monoisotopic (exact) mass is 315 g/mol. The first-order valence-electron chi connectivity index (χ1n) is 8.62. The van der Waals surface area contributed by atoms with Gasteiger partial charge in [0.25, 0.3) is 5.91 Å². The molecule has 23 heavy (non-hydrogen) atoms. The Bertz CT molecular complexity index is 615. The number of benzene rings is 1. The number of likely N-dealkylation sites (tertiary alicyclic amines) is 1. The van der Waals surface area contributed by atoms with Gasteiger partial charge in [-0.2, -0.15) is 0 Å². The van der Waals surface area contributed by atoms with Gasteiger partial charge in [0.1, 0.15) is 0 Å². The van der Waals surface area contributed by atoms with Crippen molar-refractivity contribution < 1.29 is 14.3 Å². The Labute approximate surface area is 137 Å². The molecule has 1 saturated heterocycles. The van der Waals surface area contributed by atoms with E-state index in [0.29, 0.717) is 18.6 Å². The van der Waals surface area contributed by atoms with Gasteiger partial charge in [0, 0.05) is 37.2 Å². The van der Waals surface area contributed by atoms with Crippen molar-refractivity contribution in [3.63, 3.8) is 0 Å². The fourth-order valence-electron chi connectivity index (χ4n) is 3.64. The number of carbonyl (C=O) groups excluding carboxylic acids is 2. The van der Waals surface area contributed by atoms with Crippen molar-refractivity contribution in [2.24, 2.45) is 0 Å². The highest BCUT2D eigenvalue weighted by atomic mass is 16.5. The van der Waals surface area contributed by atoms with E-state index in [1.807, 2.05) is 24.0 Å². The van der Waals surface area contributed by atoms with Crippen LogP contribution in [0.3, 0.4) is 0 Å². The number of aryl methyl sites for hydroxylation is 1. The maximum absolute atomic E-state index is 12.7. The summed E-state index contributed by atoms with van der Waals surface area (Å²) in [6.45, 7) is 6.31. The van der Waals surface area contributed by atoms with Crippen LogP contribution in [-0.2, 0) is 11.2 Å². The minimum atomic E-state index is -0.103. The lowest BCUT2D eigenvalue weighted by Crippen LogP contribution is -2.46. The van der Waals surface area contributed by atoms with Gasteiger partial charge in [0.05, 0.1) is 5.60 Å². The van der Waals surface area contributed by atoms with E-state index in [-0.39, 0.29) is 17.3 Å². The molecule has 1 fully saturated rings. The van der Waals surface area contributed by atoms with Gasteiger partial charge < -0.3 is 9.64 Å². The van der Waals surface area contributed by atoms with Crippen LogP contribution in [0.4, 0.5) is 0 Å². The van der Waals surface area contributed by atoms with Gasteiger partial charge >= 0.3 is 0 Å². The van der Waals surface area contributed by atoms with E-state index in [4.69, 9.17) is 4.74 Å². The van der Waals surface area contributed by atoms with Gasteiger partial charge in [-0.05, 0) is 57.2 Å². The fourth-order valence-corrected chi connectivity index (χ4v) is 3.64. The number of rotatable bonds is 3. The van der Waals surface area contributed by atoms with Crippen LogP contribution in [-0.4, -0.2) is 41.9 Å². The predicted octanol–water partition coefficient (Wildman–Crippen LogP) is 3.24. The SMILES string of the molecule is CCOC1(C)CCN(C(=O)c2ccc3c(c2)CCCC3=O)CC1. The van der Waals surface area contributed by atoms with Crippen LogP contribution in [0.5, 0.6) is 0 Å². The number of hydrogen-bond donors (Lipinski definition) is 0. The van der Waals surface area contributed by atoms with E-state index in [9.17, 15) is 9.59 Å². The Morgan fingerprint density at radius 2 is 2.00 bits per heavy atom. The van der Waals surface area contributed by atoms with Gasteiger partial charge in [0.15, 0.2) is 5.78 Å². The summed E-state index contributed by atoms with van der Waals surface area (Å²) in [4.78, 5) is 26.5. The number of hydrogen-bond acceptors (Lipinski definition) is 3. The number of ether oxygens (including phenoxy) is 1. The van der Waals surface area contributed by atoms with Crippen molar-refractivity contribution in [1.29, 1.82) is 0 Å². The summed E-state index contributed by atoms with van der Waals surface area (Å²) in [5.41, 5.74) is 2.44. The zero-order valence-electron chi connectivity index (χ0n) is 14.1. The number of Topliss-reactive ketones (excluding diaryl/α,β-unsaturated/α-hetero) is 1. The Balaban J connectivity index is 1.71. The average molecular weight is 315 g/mol. The summed E-state index contributed by atoms with van der Waals surface area (Å²) >= 11 is 0. The molecule has 0 N–H and O–H groups in total. The van der Waals surface area contributed by atoms with Crippen LogP contribution in [0.1, 0.15) is 65.8 Å². The van der Waals surface area contributed by atoms with Crippen LogP contribution < -0.4 is 0 Å². The minimum absolute atomic E-state index is 0.0735. The maximum Gasteiger partial charge on any atom is 0.253 e. The highest BCUT2D eigenvalue weighted by Crippen LogP contribution is 2.28. The third-order valence-corrected chi connectivity index (χ3v) is 5.10. The number of ketones is 1. The highest BCUT2D eigenvalue weighted by Gasteiger charge is 2.32. The van der Waals surface area contributed by atoms with E-state index in [1.54, 1.807) is 6.07 Å². The molecule has 1 aromatic carbocycles. The molecule has 4 heteroatoms. The van der Waals surface area contributed by atoms with Crippen molar-refractivity contribution in [3.05, 3.63) is 34.9 Å². The molecule has 3 rings (SSSR count). The molecule has 1 aliphatic heterocycles. The van der Waals surface area contributed by atoms with Crippen molar-refractivity contribution in [1.82, 2.24) is 4.90 Å². The molecule has 0 atom stereocenters. The summed E-state index contributed by atoms with van der Waals surface area (Å²) in [5.74, 6) is 0.278. The summed E-state index contributed by atoms with van der Waals surface area (Å²) < 4.78 is 5.81. The second-order valence-corrected chi connectivity index (χ2v) is 6.82. The molecule has 0 bridgehead atoms. The average Bonchev–Trinajstić information content (AvgIpc) is 2.55. The Morgan fingerprint density at radius 3 is 2.70 bits per heavy atom. The van der Waals surface area contributed by atoms with Crippen molar-refractivity contribution >= 4 is 11.7 Å². The van der Waals surface area contributed by atoms with Crippen LogP contribution in [0.25, 0.3) is 0 Å². The van der Waals surface area contributed by atoms with Crippen LogP contribution in [0.15, 0.2) is 18.2 Å². The lowest BCUT2D eigenvalue weighted by Gasteiger charge is -2.39. The molecule has 0 spiro atoms. The van der Waals surface area contributed by atoms with Crippen LogP contribution >= 0.6 is 0 Å². The first-order valence-corrected chi connectivity index (χ1v) is 8.62. The Hall–Kier alpha value is -1.68. The number of nitrogens with zero attached hydrogens (tertiary/aromatic N) is 1. The molecule has 2 aliphatic rings. The smallest absolute Gasteiger partial charge is 0.253 e. The molecule has 1 aromatic rings. The zero-order valence-corrected chi connectivity index (χ0v) is 14.1. The Kier molecular flexibility index (Phi) is 4.53. The summed E-state index contributed by atoms with van der Waals surface area (Å²) in [6, 6.07) is 5.56. The Morgan fingerprint density at radius 1 is 1.26 bits per heavy atom. The van der Waals surface area contributed by atoms with E-state index < -0.39 is 0 Å². The summed E-state index contributed by atoms with van der Waals surface area (Å²) in [7, 11) is 0. The van der Waals surface area contributed by atoms with Crippen molar-refractivity contribution in [2.45, 2.75) is 51.6 Å². The third kappa shape index (κ3) is 3.32. The number of piperidine rings is 1. The van der Waals surface area contributed by atoms with Gasteiger partial charge in [-0.3, -0.25) is 9.59 Å². The first-order chi connectivity index (χ1) is 11.0.